The molecule has 0 saturated heterocycles. The van der Waals surface area contributed by atoms with E-state index in [0.717, 1.165) is 5.56 Å². The van der Waals surface area contributed by atoms with E-state index >= 15 is 0 Å². The number of nitrogens with zero attached hydrogens (tertiary/aromatic N) is 1. The lowest BCUT2D eigenvalue weighted by molar-refractivity contribution is 0.0507. The Kier molecular flexibility index (Phi) is 2.84. The molecule has 100 valence electrons. The maximum atomic E-state index is 12.3. The molecule has 1 aliphatic rings. The van der Waals surface area contributed by atoms with Crippen LogP contribution in [0.1, 0.15) is 64.3 Å². The summed E-state index contributed by atoms with van der Waals surface area (Å²) in [6.07, 6.45) is 0. The van der Waals surface area contributed by atoms with Crippen LogP contribution in [0.2, 0.25) is 0 Å². The Hall–Kier alpha value is -1.97. The zero-order valence-corrected chi connectivity index (χ0v) is 11.8. The average molecular weight is 259 g/mol. The van der Waals surface area contributed by atoms with Crippen LogP contribution in [0.15, 0.2) is 12.1 Å². The Morgan fingerprint density at radius 3 is 1.95 bits per heavy atom. The first-order valence-corrected chi connectivity index (χ1v) is 6.19. The van der Waals surface area contributed by atoms with Crippen LogP contribution in [0.4, 0.5) is 0 Å². The van der Waals surface area contributed by atoms with Crippen LogP contribution in [-0.2, 0) is 0 Å². The molecule has 1 aromatic carbocycles. The van der Waals surface area contributed by atoms with Crippen LogP contribution in [0.3, 0.4) is 0 Å². The second-order valence-corrected chi connectivity index (χ2v) is 5.89. The number of imide groups is 1. The molecule has 2 rings (SSSR count). The molecule has 0 bridgehead atoms. The minimum atomic E-state index is -0.572. The summed E-state index contributed by atoms with van der Waals surface area (Å²) >= 11 is 0. The minimum Gasteiger partial charge on any atom is -0.295 e. The van der Waals surface area contributed by atoms with Gasteiger partial charge in [-0.1, -0.05) is 0 Å². The van der Waals surface area contributed by atoms with Crippen LogP contribution in [0, 0.1) is 6.92 Å². The van der Waals surface area contributed by atoms with Crippen molar-refractivity contribution in [2.45, 2.75) is 40.2 Å². The van der Waals surface area contributed by atoms with Crippen molar-refractivity contribution in [2.24, 2.45) is 0 Å². The summed E-state index contributed by atoms with van der Waals surface area (Å²) < 4.78 is 0. The largest absolute Gasteiger partial charge is 0.295 e. The Bertz CT molecular complexity index is 609. The van der Waals surface area contributed by atoms with E-state index < -0.39 is 5.54 Å². The van der Waals surface area contributed by atoms with E-state index in [9.17, 15) is 14.4 Å². The number of Topliss-reactive ketones (excluding diaryl/α,β-unsaturated/α-hetero) is 1. The number of fused-ring (bicyclic) bond motifs is 1. The topological polar surface area (TPSA) is 54.5 Å². The van der Waals surface area contributed by atoms with Gasteiger partial charge in [0, 0.05) is 11.1 Å². The van der Waals surface area contributed by atoms with Gasteiger partial charge in [-0.3, -0.25) is 19.3 Å². The van der Waals surface area contributed by atoms with E-state index in [1.165, 1.54) is 11.8 Å². The number of aryl methyl sites for hydroxylation is 1. The average Bonchev–Trinajstić information content (AvgIpc) is 2.49. The van der Waals surface area contributed by atoms with Gasteiger partial charge in [0.15, 0.2) is 5.78 Å². The number of carbonyl (C=O) groups is 3. The minimum absolute atomic E-state index is 0.102. The molecule has 0 aliphatic carbocycles. The zero-order valence-electron chi connectivity index (χ0n) is 11.8. The van der Waals surface area contributed by atoms with Crippen LogP contribution in [0.5, 0.6) is 0 Å². The third-order valence-corrected chi connectivity index (χ3v) is 3.28. The number of hydrogen-bond donors (Lipinski definition) is 0. The molecule has 0 aromatic heterocycles. The van der Waals surface area contributed by atoms with Crippen molar-refractivity contribution in [3.05, 3.63) is 34.4 Å². The highest BCUT2D eigenvalue weighted by Gasteiger charge is 2.42. The van der Waals surface area contributed by atoms with Gasteiger partial charge in [0.25, 0.3) is 11.8 Å². The van der Waals surface area contributed by atoms with Crippen LogP contribution >= 0.6 is 0 Å². The van der Waals surface area contributed by atoms with E-state index in [2.05, 4.69) is 0 Å². The summed E-state index contributed by atoms with van der Waals surface area (Å²) in [5, 5.41) is 0. The van der Waals surface area contributed by atoms with Crippen molar-refractivity contribution >= 4 is 17.6 Å². The number of ketones is 1. The molecular weight excluding hydrogens is 242 g/mol. The highest BCUT2D eigenvalue weighted by molar-refractivity contribution is 6.22. The quantitative estimate of drug-likeness (QED) is 0.575. The molecule has 0 fully saturated rings. The first kappa shape index (κ1) is 13.5. The lowest BCUT2D eigenvalue weighted by atomic mass is 9.98. The highest BCUT2D eigenvalue weighted by atomic mass is 16.2. The third-order valence-electron chi connectivity index (χ3n) is 3.28. The van der Waals surface area contributed by atoms with Gasteiger partial charge in [-0.2, -0.15) is 0 Å². The Labute approximate surface area is 112 Å². The van der Waals surface area contributed by atoms with Crippen molar-refractivity contribution in [1.29, 1.82) is 0 Å². The van der Waals surface area contributed by atoms with E-state index in [1.54, 1.807) is 19.1 Å². The fourth-order valence-corrected chi connectivity index (χ4v) is 2.38. The van der Waals surface area contributed by atoms with Gasteiger partial charge in [-0.05, 0) is 52.3 Å². The molecule has 0 radical (unpaired) electrons. The fourth-order valence-electron chi connectivity index (χ4n) is 2.38. The number of amides is 2. The first-order valence-electron chi connectivity index (χ1n) is 6.19. The summed E-state index contributed by atoms with van der Waals surface area (Å²) in [6.45, 7) is 8.67. The Morgan fingerprint density at radius 1 is 1.05 bits per heavy atom. The number of benzene rings is 1. The Balaban J connectivity index is 2.64. The van der Waals surface area contributed by atoms with Gasteiger partial charge < -0.3 is 0 Å². The monoisotopic (exact) mass is 259 g/mol. The molecule has 0 atom stereocenters. The van der Waals surface area contributed by atoms with Gasteiger partial charge in [0.05, 0.1) is 11.1 Å². The SMILES string of the molecule is CC(=O)c1cc2c(cc1C)C(=O)N(C(C)(C)C)C2=O. The summed E-state index contributed by atoms with van der Waals surface area (Å²) in [5.74, 6) is -0.713. The molecule has 1 aliphatic heterocycles. The maximum Gasteiger partial charge on any atom is 0.262 e. The molecule has 4 heteroatoms. The van der Waals surface area contributed by atoms with E-state index in [0.29, 0.717) is 16.7 Å². The van der Waals surface area contributed by atoms with Gasteiger partial charge in [-0.25, -0.2) is 0 Å². The van der Waals surface area contributed by atoms with Gasteiger partial charge >= 0.3 is 0 Å². The van der Waals surface area contributed by atoms with Gasteiger partial charge in [0.2, 0.25) is 0 Å². The molecule has 19 heavy (non-hydrogen) atoms. The molecule has 0 spiro atoms. The van der Waals surface area contributed by atoms with Crippen LogP contribution < -0.4 is 0 Å². The van der Waals surface area contributed by atoms with Crippen molar-refractivity contribution in [3.63, 3.8) is 0 Å². The maximum absolute atomic E-state index is 12.3. The predicted octanol–water partition coefficient (Wildman–Crippen LogP) is 2.59. The summed E-state index contributed by atoms with van der Waals surface area (Å²) in [4.78, 5) is 37.4. The molecule has 4 nitrogen and oxygen atoms in total. The summed E-state index contributed by atoms with van der Waals surface area (Å²) in [6, 6.07) is 3.18. The third kappa shape index (κ3) is 1.97. The van der Waals surface area contributed by atoms with Crippen molar-refractivity contribution in [2.75, 3.05) is 0 Å². The van der Waals surface area contributed by atoms with E-state index in [-0.39, 0.29) is 17.6 Å². The smallest absolute Gasteiger partial charge is 0.262 e. The van der Waals surface area contributed by atoms with Crippen molar-refractivity contribution in [1.82, 2.24) is 4.90 Å². The first-order chi connectivity index (χ1) is 8.64. The van der Waals surface area contributed by atoms with E-state index in [4.69, 9.17) is 0 Å². The normalized spacial score (nSPS) is 14.9. The summed E-state index contributed by atoms with van der Waals surface area (Å²) in [7, 11) is 0. The van der Waals surface area contributed by atoms with Gasteiger partial charge in [0.1, 0.15) is 0 Å². The molecule has 1 aromatic rings. The van der Waals surface area contributed by atoms with Crippen molar-refractivity contribution < 1.29 is 14.4 Å². The molecule has 1 heterocycles. The van der Waals surface area contributed by atoms with Crippen molar-refractivity contribution in [3.8, 4) is 0 Å². The molecule has 0 N–H and O–H groups in total. The molecule has 2 amide bonds. The zero-order chi connectivity index (χ0) is 14.5. The molecular formula is C15H17NO3. The molecule has 0 unspecified atom stereocenters. The summed E-state index contributed by atoms with van der Waals surface area (Å²) in [5.41, 5.74) is 1.37. The Morgan fingerprint density at radius 2 is 1.53 bits per heavy atom. The number of hydrogen-bond acceptors (Lipinski definition) is 3. The predicted molar refractivity (Wildman–Crippen MR) is 71.4 cm³/mol. The second kappa shape index (κ2) is 4.02. The van der Waals surface area contributed by atoms with E-state index in [1.807, 2.05) is 20.8 Å². The standard InChI is InChI=1S/C15H17NO3/c1-8-6-11-12(7-10(8)9(2)17)14(19)16(13(11)18)15(3,4)5/h6-7H,1-5H3. The van der Waals surface area contributed by atoms with Crippen LogP contribution in [0.25, 0.3) is 0 Å². The van der Waals surface area contributed by atoms with Gasteiger partial charge in [-0.15, -0.1) is 0 Å². The van der Waals surface area contributed by atoms with Crippen LogP contribution in [-0.4, -0.2) is 28.0 Å². The number of carbonyl (C=O) groups excluding carboxylic acids is 3. The lowest BCUT2D eigenvalue weighted by Gasteiger charge is -2.29. The highest BCUT2D eigenvalue weighted by Crippen LogP contribution is 2.31. The fraction of sp³-hybridized carbons (Fsp3) is 0.400. The molecule has 0 saturated carbocycles. The lowest BCUT2D eigenvalue weighted by Crippen LogP contribution is -2.45. The number of rotatable bonds is 1. The second-order valence-electron chi connectivity index (χ2n) is 5.89.